The van der Waals surface area contributed by atoms with E-state index in [-0.39, 0.29) is 12.4 Å². The molecule has 0 aliphatic carbocycles. The first-order valence-electron chi connectivity index (χ1n) is 13.8. The van der Waals surface area contributed by atoms with Crippen molar-refractivity contribution in [2.24, 2.45) is 5.73 Å². The molecule has 0 unspecified atom stereocenters. The summed E-state index contributed by atoms with van der Waals surface area (Å²) in [4.78, 5) is 0. The van der Waals surface area contributed by atoms with Crippen molar-refractivity contribution in [1.82, 2.24) is 0 Å². The van der Waals surface area contributed by atoms with Gasteiger partial charge < -0.3 is 35.6 Å². The molecule has 0 aliphatic heterocycles. The Balaban J connectivity index is 0. The molecule has 0 amide bonds. The molecule has 0 aromatic rings. The number of halogens is 1. The summed E-state index contributed by atoms with van der Waals surface area (Å²) in [6, 6.07) is 0. The number of rotatable bonds is 25. The average Bonchev–Trinajstić information content (AvgIpc) is 2.79. The van der Waals surface area contributed by atoms with Gasteiger partial charge in [-0.25, -0.2) is 0 Å². The van der Waals surface area contributed by atoms with E-state index < -0.39 is 8.97 Å². The van der Waals surface area contributed by atoms with Crippen LogP contribution in [-0.2, 0) is 13.3 Å². The highest BCUT2D eigenvalue weighted by Crippen LogP contribution is 2.22. The van der Waals surface area contributed by atoms with Gasteiger partial charge in [-0.05, 0) is 32.2 Å². The predicted molar refractivity (Wildman–Crippen MR) is 141 cm³/mol. The lowest BCUT2D eigenvalue weighted by Crippen LogP contribution is -3.00. The van der Waals surface area contributed by atoms with E-state index in [4.69, 9.17) is 19.0 Å². The zero-order valence-electron chi connectivity index (χ0n) is 23.0. The van der Waals surface area contributed by atoms with Crippen LogP contribution in [0.25, 0.3) is 0 Å². The van der Waals surface area contributed by atoms with Crippen LogP contribution < -0.4 is 18.1 Å². The second-order valence-corrected chi connectivity index (χ2v) is 13.4. The third-order valence-corrected chi connectivity index (χ3v) is 10.0. The third kappa shape index (κ3) is 17.4. The number of unbranched alkanes of at least 4 members (excludes halogenated alkanes) is 16. The molecule has 0 bridgehead atoms. The van der Waals surface area contributed by atoms with E-state index in [0.717, 1.165) is 19.4 Å². The van der Waals surface area contributed by atoms with Crippen molar-refractivity contribution < 1.29 is 29.8 Å². The second kappa shape index (κ2) is 24.0. The first-order valence-corrected chi connectivity index (χ1v) is 15.4. The second-order valence-electron chi connectivity index (χ2n) is 9.99. The Kier molecular flexibility index (Phi) is 25.8. The first kappa shape index (κ1) is 35.5. The average molecular weight is 511 g/mol. The van der Waals surface area contributed by atoms with Gasteiger partial charge in [0.15, 0.2) is 0 Å². The maximum atomic E-state index is 6.19. The quantitative estimate of drug-likeness (QED) is 0.150. The van der Waals surface area contributed by atoms with Crippen LogP contribution >= 0.6 is 0 Å². The fourth-order valence-corrected chi connectivity index (χ4v) is 7.08. The zero-order chi connectivity index (χ0) is 24.0. The van der Waals surface area contributed by atoms with Gasteiger partial charge in [0.05, 0.1) is 20.6 Å². The highest BCUT2D eigenvalue weighted by Gasteiger charge is 2.60. The largest absolute Gasteiger partial charge is 1.00 e. The van der Waals surface area contributed by atoms with Crippen LogP contribution in [0.5, 0.6) is 0 Å². The minimum atomic E-state index is -2.73. The van der Waals surface area contributed by atoms with Gasteiger partial charge in [-0.1, -0.05) is 96.8 Å². The first-order chi connectivity index (χ1) is 15.5. The van der Waals surface area contributed by atoms with E-state index in [1.807, 2.05) is 0 Å². The van der Waals surface area contributed by atoms with Gasteiger partial charge >= 0.3 is 8.97 Å². The summed E-state index contributed by atoms with van der Waals surface area (Å²) in [5.41, 5.74) is 5.59. The standard InChI is InChI=1S/C26H59N2O3Si.ClH/c1-6-7-8-9-10-11-12-13-14-15-16-17-18-19-20-22-25-28(2,3)32(29-4,30-5)31-26-23-21-24-27;/h6-27H2,1-5H3;1H/q+1;/p-1. The Labute approximate surface area is 214 Å². The highest BCUT2D eigenvalue weighted by atomic mass is 35.5. The number of quaternary nitrogens is 1. The molecular formula is C26H59ClN2O3Si. The topological polar surface area (TPSA) is 53.7 Å². The van der Waals surface area contributed by atoms with Crippen molar-refractivity contribution >= 4 is 8.97 Å². The Morgan fingerprint density at radius 3 is 1.36 bits per heavy atom. The fourth-order valence-electron chi connectivity index (χ4n) is 4.51. The lowest BCUT2D eigenvalue weighted by Gasteiger charge is -2.40. The van der Waals surface area contributed by atoms with E-state index in [1.165, 1.54) is 103 Å². The lowest BCUT2D eigenvalue weighted by atomic mass is 10.0. The number of nitrogens with two attached hydrogens (primary N) is 1. The fraction of sp³-hybridized carbons (Fsp3) is 1.00. The van der Waals surface area contributed by atoms with E-state index in [1.54, 1.807) is 14.2 Å². The van der Waals surface area contributed by atoms with Crippen molar-refractivity contribution in [2.45, 2.75) is 122 Å². The van der Waals surface area contributed by atoms with Gasteiger partial charge in [-0.2, -0.15) is 0 Å². The van der Waals surface area contributed by atoms with E-state index >= 15 is 0 Å². The molecule has 0 spiro atoms. The smallest absolute Gasteiger partial charge is 0.783 e. The van der Waals surface area contributed by atoms with Crippen molar-refractivity contribution in [3.8, 4) is 0 Å². The zero-order valence-corrected chi connectivity index (χ0v) is 24.7. The molecule has 0 saturated carbocycles. The Morgan fingerprint density at radius 1 is 0.606 bits per heavy atom. The summed E-state index contributed by atoms with van der Waals surface area (Å²) in [5.74, 6) is 0. The molecule has 0 saturated heterocycles. The van der Waals surface area contributed by atoms with Gasteiger partial charge in [0.25, 0.3) is 0 Å². The van der Waals surface area contributed by atoms with Gasteiger partial charge in [0, 0.05) is 20.8 Å². The normalized spacial score (nSPS) is 12.2. The number of nitrogens with zero attached hydrogens (tertiary/aromatic N) is 1. The van der Waals surface area contributed by atoms with E-state index in [9.17, 15) is 0 Å². The minimum Gasteiger partial charge on any atom is -1.00 e. The van der Waals surface area contributed by atoms with Crippen LogP contribution in [0.3, 0.4) is 0 Å². The molecule has 0 fully saturated rings. The van der Waals surface area contributed by atoms with Crippen LogP contribution in [-0.4, -0.2) is 61.1 Å². The van der Waals surface area contributed by atoms with Gasteiger partial charge in [-0.3, -0.25) is 0 Å². The summed E-state index contributed by atoms with van der Waals surface area (Å²) in [6.45, 7) is 4.68. The van der Waals surface area contributed by atoms with Crippen LogP contribution in [0.2, 0.25) is 0 Å². The molecule has 0 aromatic heterocycles. The molecule has 5 nitrogen and oxygen atoms in total. The monoisotopic (exact) mass is 510 g/mol. The summed E-state index contributed by atoms with van der Waals surface area (Å²) >= 11 is 0. The van der Waals surface area contributed by atoms with Crippen LogP contribution in [0.4, 0.5) is 0 Å². The van der Waals surface area contributed by atoms with Crippen LogP contribution in [0, 0.1) is 0 Å². The van der Waals surface area contributed by atoms with E-state index in [2.05, 4.69) is 21.0 Å². The maximum absolute atomic E-state index is 6.19. The predicted octanol–water partition coefficient (Wildman–Crippen LogP) is 3.81. The summed E-state index contributed by atoms with van der Waals surface area (Å²) in [7, 11) is 5.10. The molecule has 0 atom stereocenters. The number of hydrogen-bond acceptors (Lipinski definition) is 4. The summed E-state index contributed by atoms with van der Waals surface area (Å²) < 4.78 is 18.6. The minimum absolute atomic E-state index is 0. The van der Waals surface area contributed by atoms with Crippen molar-refractivity contribution in [3.05, 3.63) is 0 Å². The molecule has 2 N–H and O–H groups in total. The summed E-state index contributed by atoms with van der Waals surface area (Å²) in [6.07, 6.45) is 24.3. The Morgan fingerprint density at radius 2 is 1.00 bits per heavy atom. The highest BCUT2D eigenvalue weighted by molar-refractivity contribution is 6.52. The third-order valence-electron chi connectivity index (χ3n) is 6.71. The molecule has 0 rings (SSSR count). The molecule has 0 heterocycles. The summed E-state index contributed by atoms with van der Waals surface area (Å²) in [5, 5.41) is 0. The van der Waals surface area contributed by atoms with Crippen molar-refractivity contribution in [3.63, 3.8) is 0 Å². The molecule has 0 aliphatic rings. The van der Waals surface area contributed by atoms with Gasteiger partial charge in [-0.15, -0.1) is 0 Å². The Bertz CT molecular complexity index is 400. The van der Waals surface area contributed by atoms with E-state index in [0.29, 0.717) is 17.3 Å². The molecule has 33 heavy (non-hydrogen) atoms. The number of hydrogen-bond donors (Lipinski definition) is 1. The molecular weight excluding hydrogens is 452 g/mol. The van der Waals surface area contributed by atoms with Crippen LogP contribution in [0.15, 0.2) is 0 Å². The lowest BCUT2D eigenvalue weighted by molar-refractivity contribution is -0.819. The SMILES string of the molecule is CCCCCCCCCCCCCCCCCC[N+](C)(C)[Si](OC)(OC)OCCCCN.[Cl-]. The maximum Gasteiger partial charge on any atom is 0.783 e. The van der Waals surface area contributed by atoms with Crippen LogP contribution in [0.1, 0.15) is 122 Å². The van der Waals surface area contributed by atoms with Gasteiger partial charge in [0.2, 0.25) is 0 Å². The molecule has 7 heteroatoms. The molecule has 0 radical (unpaired) electrons. The molecule has 202 valence electrons. The van der Waals surface area contributed by atoms with Gasteiger partial charge in [0.1, 0.15) is 0 Å². The molecule has 0 aromatic carbocycles. The van der Waals surface area contributed by atoms with Crippen molar-refractivity contribution in [2.75, 3.05) is 48.0 Å². The van der Waals surface area contributed by atoms with Crippen molar-refractivity contribution in [1.29, 1.82) is 0 Å². The Hall–Kier alpha value is 0.307.